The molecule has 2 aliphatic rings. The van der Waals surface area contributed by atoms with Crippen molar-refractivity contribution in [2.75, 3.05) is 6.61 Å². The zero-order valence-corrected chi connectivity index (χ0v) is 23.1. The molecule has 1 aromatic heterocycles. The second-order valence-electron chi connectivity index (χ2n) is 10.1. The third-order valence-electron chi connectivity index (χ3n) is 6.77. The van der Waals surface area contributed by atoms with Crippen LogP contribution in [0.4, 0.5) is 0 Å². The quantitative estimate of drug-likeness (QED) is 0.594. The van der Waals surface area contributed by atoms with Crippen LogP contribution < -0.4 is 11.2 Å². The molecule has 0 amide bonds. The Hall–Kier alpha value is -0.696. The van der Waals surface area contributed by atoms with Crippen molar-refractivity contribution >= 4 is 28.9 Å². The number of thioether (sulfide) groups is 1. The minimum Gasteiger partial charge on any atom is -0.414 e. The molecular weight excluding hydrogens is 464 g/mol. The number of aliphatic hydroxyl groups excluding tert-OH is 1. The summed E-state index contributed by atoms with van der Waals surface area (Å²) in [4.78, 5) is 26.3. The summed E-state index contributed by atoms with van der Waals surface area (Å²) < 4.78 is 22.2. The van der Waals surface area contributed by atoms with Crippen LogP contribution in [0.25, 0.3) is 0 Å². The number of nitrogens with zero attached hydrogens (tertiary/aromatic N) is 1. The molecule has 0 bridgehead atoms. The average Bonchev–Trinajstić information content (AvgIpc) is 2.96. The Bertz CT molecular complexity index is 902. The number of aromatic amines is 1. The topological polar surface area (TPSA) is 103 Å². The van der Waals surface area contributed by atoms with Crippen LogP contribution >= 0.6 is 11.8 Å². The molecule has 8 nitrogen and oxygen atoms in total. The highest BCUT2D eigenvalue weighted by Gasteiger charge is 2.61. The van der Waals surface area contributed by atoms with E-state index in [4.69, 9.17) is 13.0 Å². The van der Waals surface area contributed by atoms with Gasteiger partial charge in [-0.05, 0) is 22.2 Å². The standard InChI is InChI=1S/C21H38N2O6SSi2/c1-12(2)31(13(3)4)27-11-16-19(28-32(29-31,14(5)6)15(7)8)18(25)20(30-16)23-10-9-17(24)22-21(23)26/h9-10,12-16,18-20,25H,11H2,1-8H3,(H,22,24,26)/t16-,18-,19-,20-/m1/s1. The Morgan fingerprint density at radius 3 is 2.09 bits per heavy atom. The molecule has 3 heterocycles. The van der Waals surface area contributed by atoms with Crippen molar-refractivity contribution in [2.45, 2.75) is 100 Å². The van der Waals surface area contributed by atoms with Crippen LogP contribution in [0.2, 0.25) is 22.2 Å². The smallest absolute Gasteiger partial charge is 0.335 e. The number of nitrogens with one attached hydrogen (secondary N) is 1. The maximum absolute atomic E-state index is 12.4. The Morgan fingerprint density at radius 1 is 1.03 bits per heavy atom. The van der Waals surface area contributed by atoms with Gasteiger partial charge in [-0.2, -0.15) is 0 Å². The molecule has 182 valence electrons. The van der Waals surface area contributed by atoms with Crippen LogP contribution in [0.1, 0.15) is 60.8 Å². The van der Waals surface area contributed by atoms with Crippen molar-refractivity contribution < 1.29 is 18.1 Å². The van der Waals surface area contributed by atoms with Crippen molar-refractivity contribution in [3.63, 3.8) is 0 Å². The van der Waals surface area contributed by atoms with Gasteiger partial charge >= 0.3 is 22.8 Å². The van der Waals surface area contributed by atoms with Gasteiger partial charge in [0.1, 0.15) is 11.5 Å². The Labute approximate surface area is 196 Å². The molecule has 3 rings (SSSR count). The van der Waals surface area contributed by atoms with Crippen molar-refractivity contribution in [3.05, 3.63) is 33.1 Å². The van der Waals surface area contributed by atoms with Crippen LogP contribution in [0.15, 0.2) is 21.9 Å². The summed E-state index contributed by atoms with van der Waals surface area (Å²) >= 11 is 1.48. The first-order valence-corrected chi connectivity index (χ1v) is 16.4. The number of hydrogen-bond donors (Lipinski definition) is 2. The molecule has 0 spiro atoms. The van der Waals surface area contributed by atoms with Crippen LogP contribution in [0, 0.1) is 0 Å². The minimum absolute atomic E-state index is 0.147. The van der Waals surface area contributed by atoms with Crippen LogP contribution in [0.3, 0.4) is 0 Å². The number of aromatic nitrogens is 2. The second-order valence-corrected chi connectivity index (χ2v) is 20.3. The first kappa shape index (κ1) is 25.9. The summed E-state index contributed by atoms with van der Waals surface area (Å²) in [7, 11) is -5.50. The molecule has 2 N–H and O–H groups in total. The van der Waals surface area contributed by atoms with Crippen LogP contribution in [0.5, 0.6) is 0 Å². The monoisotopic (exact) mass is 502 g/mol. The summed E-state index contributed by atoms with van der Waals surface area (Å²) in [6.45, 7) is 17.6. The van der Waals surface area contributed by atoms with Crippen molar-refractivity contribution in [2.24, 2.45) is 0 Å². The third kappa shape index (κ3) is 4.37. The zero-order valence-electron chi connectivity index (χ0n) is 20.3. The molecule has 0 aliphatic carbocycles. The highest BCUT2D eigenvalue weighted by molar-refractivity contribution is 8.00. The third-order valence-corrected chi connectivity index (χ3v) is 18.6. The van der Waals surface area contributed by atoms with E-state index in [1.54, 1.807) is 0 Å². The van der Waals surface area contributed by atoms with E-state index in [0.717, 1.165) is 0 Å². The van der Waals surface area contributed by atoms with Gasteiger partial charge in [0.25, 0.3) is 5.56 Å². The molecule has 2 fully saturated rings. The number of rotatable bonds is 5. The first-order chi connectivity index (χ1) is 14.9. The normalized spacial score (nSPS) is 30.0. The van der Waals surface area contributed by atoms with Gasteiger partial charge in [-0.1, -0.05) is 55.4 Å². The molecule has 0 unspecified atom stereocenters. The molecule has 11 heteroatoms. The molecule has 0 radical (unpaired) electrons. The van der Waals surface area contributed by atoms with E-state index >= 15 is 0 Å². The summed E-state index contributed by atoms with van der Waals surface area (Å²) in [5.74, 6) is 0. The number of fused-ring (bicyclic) bond motifs is 1. The number of hydrogen-bond acceptors (Lipinski definition) is 7. The van der Waals surface area contributed by atoms with Crippen LogP contribution in [-0.2, 0) is 13.0 Å². The SMILES string of the molecule is CC(C)[Si]1(C(C)C)OC[C@H]2S[C@@H](n3ccc(=O)[nH]c3=O)[C@H](O)[C@@H]2O[Si](C(C)C)(C(C)C)O1. The van der Waals surface area contributed by atoms with Crippen molar-refractivity contribution in [1.82, 2.24) is 9.55 Å². The average molecular weight is 503 g/mol. The van der Waals surface area contributed by atoms with E-state index in [9.17, 15) is 14.7 Å². The lowest BCUT2D eigenvalue weighted by Gasteiger charge is -2.51. The van der Waals surface area contributed by atoms with Gasteiger partial charge in [-0.3, -0.25) is 14.3 Å². The summed E-state index contributed by atoms with van der Waals surface area (Å²) in [6.07, 6.45) is -0.0147. The first-order valence-electron chi connectivity index (χ1n) is 11.5. The predicted octanol–water partition coefficient (Wildman–Crippen LogP) is 3.47. The number of H-pyrrole nitrogens is 1. The minimum atomic E-state index is -2.84. The van der Waals surface area contributed by atoms with E-state index in [2.05, 4.69) is 60.4 Å². The second kappa shape index (κ2) is 9.51. The largest absolute Gasteiger partial charge is 0.414 e. The molecule has 0 saturated carbocycles. The predicted molar refractivity (Wildman–Crippen MR) is 132 cm³/mol. The highest BCUT2D eigenvalue weighted by atomic mass is 32.2. The van der Waals surface area contributed by atoms with Gasteiger partial charge in [-0.15, -0.1) is 11.8 Å². The maximum atomic E-state index is 12.4. The molecule has 2 aliphatic heterocycles. The fraction of sp³-hybridized carbons (Fsp3) is 0.810. The summed E-state index contributed by atoms with van der Waals surface area (Å²) in [6, 6.07) is 1.30. The van der Waals surface area contributed by atoms with E-state index in [1.807, 2.05) is 0 Å². The number of aliphatic hydroxyl groups is 1. The van der Waals surface area contributed by atoms with Crippen molar-refractivity contribution in [3.8, 4) is 0 Å². The van der Waals surface area contributed by atoms with E-state index in [0.29, 0.717) is 6.61 Å². The molecule has 2 saturated heterocycles. The fourth-order valence-corrected chi connectivity index (χ4v) is 17.9. The lowest BCUT2D eigenvalue weighted by molar-refractivity contribution is -0.00914. The molecular formula is C21H38N2O6SSi2. The van der Waals surface area contributed by atoms with E-state index in [-0.39, 0.29) is 27.4 Å². The zero-order chi connectivity index (χ0) is 24.0. The van der Waals surface area contributed by atoms with Gasteiger partial charge in [-0.25, -0.2) is 4.79 Å². The van der Waals surface area contributed by atoms with Gasteiger partial charge in [0.15, 0.2) is 0 Å². The summed E-state index contributed by atoms with van der Waals surface area (Å²) in [5.41, 5.74) is -0.215. The Morgan fingerprint density at radius 2 is 1.59 bits per heavy atom. The van der Waals surface area contributed by atoms with Gasteiger partial charge in [0, 0.05) is 12.3 Å². The Balaban J connectivity index is 2.08. The lowest BCUT2D eigenvalue weighted by atomic mass is 10.1. The highest BCUT2D eigenvalue weighted by Crippen LogP contribution is 2.51. The molecule has 4 atom stereocenters. The van der Waals surface area contributed by atoms with E-state index < -0.39 is 46.0 Å². The van der Waals surface area contributed by atoms with Crippen LogP contribution in [-0.4, -0.2) is 55.8 Å². The van der Waals surface area contributed by atoms with Gasteiger partial charge in [0.05, 0.1) is 18.0 Å². The van der Waals surface area contributed by atoms with Crippen molar-refractivity contribution in [1.29, 1.82) is 0 Å². The summed E-state index contributed by atoms with van der Waals surface area (Å²) in [5, 5.41) is 10.6. The molecule has 1 aromatic rings. The molecule has 0 aromatic carbocycles. The lowest BCUT2D eigenvalue weighted by Crippen LogP contribution is -2.65. The van der Waals surface area contributed by atoms with Gasteiger partial charge in [0.2, 0.25) is 0 Å². The van der Waals surface area contributed by atoms with E-state index in [1.165, 1.54) is 28.6 Å². The fourth-order valence-electron chi connectivity index (χ4n) is 4.99. The maximum Gasteiger partial charge on any atom is 0.335 e. The Kier molecular flexibility index (Phi) is 7.70. The van der Waals surface area contributed by atoms with Gasteiger partial charge < -0.3 is 18.1 Å². The molecule has 32 heavy (non-hydrogen) atoms.